The van der Waals surface area contributed by atoms with Crippen LogP contribution in [0.5, 0.6) is 0 Å². The van der Waals surface area contributed by atoms with E-state index in [0.717, 1.165) is 16.9 Å². The molecule has 0 radical (unpaired) electrons. The van der Waals surface area contributed by atoms with E-state index >= 15 is 0 Å². The van der Waals surface area contributed by atoms with Crippen molar-refractivity contribution in [3.63, 3.8) is 0 Å². The van der Waals surface area contributed by atoms with E-state index in [0.29, 0.717) is 5.56 Å². The number of amides is 1. The molecule has 3 aromatic rings. The molecule has 5 heteroatoms. The number of fused-ring (bicyclic) bond motifs is 1. The van der Waals surface area contributed by atoms with Crippen LogP contribution in [-0.2, 0) is 0 Å². The number of H-pyrrole nitrogens is 1. The van der Waals surface area contributed by atoms with Gasteiger partial charge in [-0.3, -0.25) is 9.78 Å². The Morgan fingerprint density at radius 1 is 1.17 bits per heavy atom. The fraction of sp³-hybridized carbons (Fsp3) is 0.278. The Balaban J connectivity index is 1.90. The third-order valence-corrected chi connectivity index (χ3v) is 3.85. The van der Waals surface area contributed by atoms with Gasteiger partial charge in [0.25, 0.3) is 5.91 Å². The Bertz CT molecular complexity index is 823. The average molecular weight is 308 g/mol. The first-order valence-electron chi connectivity index (χ1n) is 7.72. The Labute approximate surface area is 135 Å². The smallest absolute Gasteiger partial charge is 0.251 e. The first kappa shape index (κ1) is 15.2. The number of nitrogens with zero attached hydrogens (tertiary/aromatic N) is 2. The minimum atomic E-state index is -0.177. The van der Waals surface area contributed by atoms with E-state index in [2.05, 4.69) is 40.2 Å². The molecule has 0 unspecified atom stereocenters. The number of benzene rings is 1. The van der Waals surface area contributed by atoms with Gasteiger partial charge in [0.2, 0.25) is 0 Å². The van der Waals surface area contributed by atoms with Gasteiger partial charge in [-0.25, -0.2) is 4.98 Å². The summed E-state index contributed by atoms with van der Waals surface area (Å²) in [6, 6.07) is 9.32. The zero-order valence-electron chi connectivity index (χ0n) is 13.5. The van der Waals surface area contributed by atoms with Crippen molar-refractivity contribution < 1.29 is 4.79 Å². The van der Waals surface area contributed by atoms with Crippen LogP contribution in [0.25, 0.3) is 11.0 Å². The van der Waals surface area contributed by atoms with Crippen molar-refractivity contribution in [2.45, 2.75) is 26.8 Å². The van der Waals surface area contributed by atoms with Crippen LogP contribution in [0.15, 0.2) is 42.7 Å². The maximum atomic E-state index is 12.4. The van der Waals surface area contributed by atoms with E-state index in [1.54, 1.807) is 24.5 Å². The summed E-state index contributed by atoms with van der Waals surface area (Å²) in [5.74, 6) is 0.869. The van der Waals surface area contributed by atoms with Crippen LogP contribution in [0.2, 0.25) is 0 Å². The predicted octanol–water partition coefficient (Wildman–Crippen LogP) is 3.39. The number of rotatable bonds is 4. The highest BCUT2D eigenvalue weighted by molar-refractivity contribution is 5.94. The molecule has 0 aliphatic carbocycles. The lowest BCUT2D eigenvalue weighted by Gasteiger charge is -2.20. The number of aryl methyl sites for hydroxylation is 1. The van der Waals surface area contributed by atoms with E-state index in [1.165, 1.54) is 5.56 Å². The number of nitrogens with one attached hydrogen (secondary N) is 2. The first-order chi connectivity index (χ1) is 11.0. The molecule has 0 aliphatic heterocycles. The number of pyridine rings is 1. The zero-order valence-corrected chi connectivity index (χ0v) is 13.5. The number of aromatic amines is 1. The first-order valence-corrected chi connectivity index (χ1v) is 7.72. The maximum Gasteiger partial charge on any atom is 0.251 e. The van der Waals surface area contributed by atoms with E-state index in [-0.39, 0.29) is 17.9 Å². The molecule has 1 atom stereocenters. The van der Waals surface area contributed by atoms with Gasteiger partial charge in [0.05, 0.1) is 17.1 Å². The molecule has 1 amide bonds. The van der Waals surface area contributed by atoms with Crippen LogP contribution in [0.4, 0.5) is 0 Å². The fourth-order valence-electron chi connectivity index (χ4n) is 2.57. The number of imidazole rings is 1. The van der Waals surface area contributed by atoms with Gasteiger partial charge in [0.15, 0.2) is 0 Å². The van der Waals surface area contributed by atoms with Gasteiger partial charge in [-0.05, 0) is 42.7 Å². The lowest BCUT2D eigenvalue weighted by molar-refractivity contribution is 0.0923. The van der Waals surface area contributed by atoms with Crippen molar-refractivity contribution in [2.75, 3.05) is 0 Å². The number of carbonyl (C=O) groups is 1. The van der Waals surface area contributed by atoms with E-state index in [1.807, 2.05) is 19.1 Å². The van der Waals surface area contributed by atoms with E-state index in [9.17, 15) is 4.79 Å². The highest BCUT2D eigenvalue weighted by Gasteiger charge is 2.22. The lowest BCUT2D eigenvalue weighted by Crippen LogP contribution is -2.32. The maximum absolute atomic E-state index is 12.4. The standard InChI is InChI=1S/C18H20N4O/c1-11(2)16(22-18(23)13-6-8-19-9-7-13)17-20-14-5-4-12(3)10-15(14)21-17/h4-11,16H,1-3H3,(H,20,21)(H,22,23)/t16-/m0/s1. The van der Waals surface area contributed by atoms with Crippen molar-refractivity contribution in [1.82, 2.24) is 20.3 Å². The Hall–Kier alpha value is -2.69. The molecular weight excluding hydrogens is 288 g/mol. The van der Waals surface area contributed by atoms with Crippen LogP contribution in [0.1, 0.15) is 41.6 Å². The van der Waals surface area contributed by atoms with Gasteiger partial charge in [0, 0.05) is 18.0 Å². The van der Waals surface area contributed by atoms with Gasteiger partial charge >= 0.3 is 0 Å². The van der Waals surface area contributed by atoms with Gasteiger partial charge in [-0.1, -0.05) is 19.9 Å². The van der Waals surface area contributed by atoms with Crippen LogP contribution < -0.4 is 5.32 Å². The SMILES string of the molecule is Cc1ccc2nc([C@@H](NC(=O)c3ccncc3)C(C)C)[nH]c2c1. The number of carbonyl (C=O) groups excluding carboxylic acids is 1. The largest absolute Gasteiger partial charge is 0.342 e. The van der Waals surface area contributed by atoms with Crippen molar-refractivity contribution >= 4 is 16.9 Å². The molecule has 0 spiro atoms. The summed E-state index contributed by atoms with van der Waals surface area (Å²) in [6.45, 7) is 6.18. The van der Waals surface area contributed by atoms with Crippen molar-refractivity contribution in [1.29, 1.82) is 0 Å². The summed E-state index contributed by atoms with van der Waals surface area (Å²) in [6.07, 6.45) is 3.23. The number of hydrogen-bond acceptors (Lipinski definition) is 3. The molecule has 23 heavy (non-hydrogen) atoms. The summed E-state index contributed by atoms with van der Waals surface area (Å²) in [5.41, 5.74) is 3.67. The molecule has 5 nitrogen and oxygen atoms in total. The molecule has 2 aromatic heterocycles. The normalized spacial score (nSPS) is 12.5. The number of hydrogen-bond donors (Lipinski definition) is 2. The average Bonchev–Trinajstić information content (AvgIpc) is 2.95. The topological polar surface area (TPSA) is 70.7 Å². The van der Waals surface area contributed by atoms with Gasteiger partial charge in [0.1, 0.15) is 5.82 Å². The molecule has 1 aromatic carbocycles. The van der Waals surface area contributed by atoms with Crippen molar-refractivity contribution in [3.8, 4) is 0 Å². The highest BCUT2D eigenvalue weighted by Crippen LogP contribution is 2.23. The Morgan fingerprint density at radius 2 is 1.91 bits per heavy atom. The molecule has 0 saturated carbocycles. The van der Waals surface area contributed by atoms with E-state index < -0.39 is 0 Å². The van der Waals surface area contributed by atoms with Gasteiger partial charge < -0.3 is 10.3 Å². The molecule has 0 bridgehead atoms. The van der Waals surface area contributed by atoms with Crippen LogP contribution in [0, 0.1) is 12.8 Å². The molecular formula is C18H20N4O. The summed E-state index contributed by atoms with van der Waals surface area (Å²) < 4.78 is 0. The van der Waals surface area contributed by atoms with E-state index in [4.69, 9.17) is 0 Å². The van der Waals surface area contributed by atoms with Crippen molar-refractivity contribution in [3.05, 3.63) is 59.7 Å². The molecule has 0 aliphatic rings. The molecule has 3 rings (SSSR count). The second-order valence-electron chi connectivity index (χ2n) is 6.07. The van der Waals surface area contributed by atoms with Crippen LogP contribution >= 0.6 is 0 Å². The summed E-state index contributed by atoms with van der Waals surface area (Å²) >= 11 is 0. The van der Waals surface area contributed by atoms with Gasteiger partial charge in [-0.15, -0.1) is 0 Å². The summed E-state index contributed by atoms with van der Waals surface area (Å²) in [4.78, 5) is 24.3. The van der Waals surface area contributed by atoms with Gasteiger partial charge in [-0.2, -0.15) is 0 Å². The zero-order chi connectivity index (χ0) is 16.4. The summed E-state index contributed by atoms with van der Waals surface area (Å²) in [7, 11) is 0. The van der Waals surface area contributed by atoms with Crippen LogP contribution in [-0.4, -0.2) is 20.9 Å². The highest BCUT2D eigenvalue weighted by atomic mass is 16.1. The molecule has 2 heterocycles. The summed E-state index contributed by atoms with van der Waals surface area (Å²) in [5, 5.41) is 3.06. The van der Waals surface area contributed by atoms with Crippen LogP contribution in [0.3, 0.4) is 0 Å². The molecule has 0 fully saturated rings. The number of aromatic nitrogens is 3. The predicted molar refractivity (Wildman–Crippen MR) is 90.1 cm³/mol. The lowest BCUT2D eigenvalue weighted by atomic mass is 10.0. The minimum Gasteiger partial charge on any atom is -0.342 e. The monoisotopic (exact) mass is 308 g/mol. The molecule has 2 N–H and O–H groups in total. The second-order valence-corrected chi connectivity index (χ2v) is 6.07. The quantitative estimate of drug-likeness (QED) is 0.776. The third kappa shape index (κ3) is 3.23. The third-order valence-electron chi connectivity index (χ3n) is 3.85. The Kier molecular flexibility index (Phi) is 4.10. The second kappa shape index (κ2) is 6.20. The van der Waals surface area contributed by atoms with Crippen molar-refractivity contribution in [2.24, 2.45) is 5.92 Å². The fourth-order valence-corrected chi connectivity index (χ4v) is 2.57. The molecule has 118 valence electrons. The minimum absolute atomic E-state index is 0.122. The molecule has 0 saturated heterocycles. The Morgan fingerprint density at radius 3 is 2.61 bits per heavy atom.